The third kappa shape index (κ3) is 7.57. The Morgan fingerprint density at radius 2 is 1.94 bits per heavy atom. The summed E-state index contributed by atoms with van der Waals surface area (Å²) in [5.41, 5.74) is 4.27. The minimum absolute atomic E-state index is 0.0375. The first kappa shape index (κ1) is 34.2. The van der Waals surface area contributed by atoms with Crippen molar-refractivity contribution in [2.24, 2.45) is 5.92 Å². The summed E-state index contributed by atoms with van der Waals surface area (Å²) in [5.74, 6) is -0.516. The van der Waals surface area contributed by atoms with Crippen LogP contribution in [0.4, 0.5) is 10.5 Å². The molecule has 5 aromatic rings. The number of hydrogen-bond acceptors (Lipinski definition) is 9. The molecule has 1 aliphatic carbocycles. The number of hydrogen-bond donors (Lipinski definition) is 1. The van der Waals surface area contributed by atoms with E-state index in [4.69, 9.17) is 19.2 Å². The first-order chi connectivity index (χ1) is 24.4. The monoisotopic (exact) mass is 697 g/mol. The highest BCUT2D eigenvalue weighted by Gasteiger charge is 2.55. The molecule has 50 heavy (non-hydrogen) atoms. The first-order valence-corrected chi connectivity index (χ1v) is 18.7. The van der Waals surface area contributed by atoms with Crippen LogP contribution >= 0.6 is 11.3 Å². The van der Waals surface area contributed by atoms with E-state index < -0.39 is 5.79 Å². The number of carbonyl (C=O) groups excluding carboxylic acids is 1. The van der Waals surface area contributed by atoms with Crippen LogP contribution in [-0.4, -0.2) is 86.5 Å². The van der Waals surface area contributed by atoms with Gasteiger partial charge in [-0.25, -0.2) is 14.8 Å². The summed E-state index contributed by atoms with van der Waals surface area (Å²) in [6.45, 7) is 9.26. The van der Waals surface area contributed by atoms with E-state index in [1.54, 1.807) is 17.7 Å². The molecule has 1 amide bonds. The second-order valence-electron chi connectivity index (χ2n) is 13.8. The summed E-state index contributed by atoms with van der Waals surface area (Å²) in [6, 6.07) is 14.6. The molecule has 0 unspecified atom stereocenters. The summed E-state index contributed by atoms with van der Waals surface area (Å²) in [7, 11) is 0. The van der Waals surface area contributed by atoms with Crippen molar-refractivity contribution in [3.63, 3.8) is 0 Å². The molecule has 4 aromatic heterocycles. The Bertz CT molecular complexity index is 1810. The summed E-state index contributed by atoms with van der Waals surface area (Å²) < 4.78 is 21.3. The molecule has 4 atom stereocenters. The third-order valence-electron chi connectivity index (χ3n) is 9.84. The fourth-order valence-electron chi connectivity index (χ4n) is 7.45. The van der Waals surface area contributed by atoms with Gasteiger partial charge in [0.15, 0.2) is 5.79 Å². The lowest BCUT2D eigenvalue weighted by Gasteiger charge is -2.30. The van der Waals surface area contributed by atoms with Crippen molar-refractivity contribution < 1.29 is 19.0 Å². The molecule has 1 aliphatic heterocycles. The predicted octanol–water partition coefficient (Wildman–Crippen LogP) is 7.34. The average Bonchev–Trinajstić information content (AvgIpc) is 3.96. The number of unbranched alkanes of at least 4 members (excludes halogenated alkanes) is 1. The molecule has 1 aromatic carbocycles. The second kappa shape index (κ2) is 15.3. The van der Waals surface area contributed by atoms with Gasteiger partial charge in [-0.2, -0.15) is 5.10 Å². The smallest absolute Gasteiger partial charge is 0.409 e. The molecule has 1 saturated heterocycles. The Hall–Kier alpha value is -4.26. The summed E-state index contributed by atoms with van der Waals surface area (Å²) in [5, 5.41) is 10.4. The number of ether oxygens (including phenoxy) is 3. The van der Waals surface area contributed by atoms with Crippen LogP contribution in [0, 0.1) is 5.92 Å². The molecule has 0 spiro atoms. The Morgan fingerprint density at radius 3 is 2.72 bits per heavy atom. The van der Waals surface area contributed by atoms with Crippen molar-refractivity contribution >= 4 is 34.2 Å². The fourth-order valence-corrected chi connectivity index (χ4v) is 8.20. The van der Waals surface area contributed by atoms with Crippen LogP contribution in [0.5, 0.6) is 0 Å². The van der Waals surface area contributed by atoms with Crippen molar-refractivity contribution in [1.82, 2.24) is 29.6 Å². The standard InChI is InChI=1S/C38H47N7O4S/c1-4-5-18-47-37(46)43(17-14-27-11-7-6-8-12-27)15-10-16-44(29-21-41-42-22-29)24-28-20-32(35-34(28)48-38(2,3)49-35)45-25-31(33-13-9-19-50-33)30-23-39-26-40-36(30)45/h6-9,11-13,19,21-23,25-26,28,32,34-35H,4-5,10,14-18,20,24H2,1-3H3,(H,41,42)/t28-,32-,34-,35+/m1/s1. The average molecular weight is 698 g/mol. The van der Waals surface area contributed by atoms with Gasteiger partial charge >= 0.3 is 6.09 Å². The maximum Gasteiger partial charge on any atom is 0.409 e. The largest absolute Gasteiger partial charge is 0.449 e. The third-order valence-corrected chi connectivity index (χ3v) is 10.7. The van der Waals surface area contributed by atoms with Crippen LogP contribution in [0.2, 0.25) is 0 Å². The Balaban J connectivity index is 1.09. The normalized spacial score (nSPS) is 21.0. The van der Waals surface area contributed by atoms with Crippen molar-refractivity contribution in [1.29, 1.82) is 0 Å². The molecule has 5 heterocycles. The number of nitrogens with one attached hydrogen (secondary N) is 1. The Labute approximate surface area is 297 Å². The van der Waals surface area contributed by atoms with E-state index in [1.165, 1.54) is 10.4 Å². The van der Waals surface area contributed by atoms with Gasteiger partial charge in [0, 0.05) is 66.5 Å². The lowest BCUT2D eigenvalue weighted by Crippen LogP contribution is -2.39. The number of nitrogens with zero attached hydrogens (tertiary/aromatic N) is 6. The summed E-state index contributed by atoms with van der Waals surface area (Å²) in [6.07, 6.45) is 13.4. The van der Waals surface area contributed by atoms with Gasteiger partial charge in [-0.15, -0.1) is 11.3 Å². The topological polar surface area (TPSA) is 111 Å². The zero-order valence-corrected chi connectivity index (χ0v) is 29.9. The fraction of sp³-hybridized carbons (Fsp3) is 0.474. The second-order valence-corrected chi connectivity index (χ2v) is 14.7. The highest BCUT2D eigenvalue weighted by Crippen LogP contribution is 2.49. The van der Waals surface area contributed by atoms with E-state index in [2.05, 4.69) is 67.4 Å². The van der Waals surface area contributed by atoms with E-state index in [-0.39, 0.29) is 30.3 Å². The summed E-state index contributed by atoms with van der Waals surface area (Å²) in [4.78, 5) is 27.7. The van der Waals surface area contributed by atoms with Gasteiger partial charge in [-0.05, 0) is 56.5 Å². The Kier molecular flexibility index (Phi) is 10.5. The van der Waals surface area contributed by atoms with Gasteiger partial charge in [-0.1, -0.05) is 49.7 Å². The molecule has 11 nitrogen and oxygen atoms in total. The minimum atomic E-state index is -0.696. The molecular weight excluding hydrogens is 651 g/mol. The Morgan fingerprint density at radius 1 is 1.08 bits per heavy atom. The lowest BCUT2D eigenvalue weighted by molar-refractivity contribution is -0.159. The molecule has 12 heteroatoms. The number of carbonyl (C=O) groups is 1. The number of anilines is 1. The van der Waals surface area contributed by atoms with Gasteiger partial charge in [0.05, 0.1) is 30.6 Å². The van der Waals surface area contributed by atoms with E-state index in [1.807, 2.05) is 55.5 Å². The van der Waals surface area contributed by atoms with E-state index in [0.29, 0.717) is 19.7 Å². The van der Waals surface area contributed by atoms with Gasteiger partial charge in [0.25, 0.3) is 0 Å². The highest BCUT2D eigenvalue weighted by molar-refractivity contribution is 7.13. The molecule has 0 radical (unpaired) electrons. The van der Waals surface area contributed by atoms with Crippen molar-refractivity contribution in [3.8, 4) is 10.4 Å². The number of fused-ring (bicyclic) bond motifs is 2. The van der Waals surface area contributed by atoms with Gasteiger partial charge in [-0.3, -0.25) is 5.10 Å². The van der Waals surface area contributed by atoms with E-state index in [9.17, 15) is 4.79 Å². The molecular formula is C38H47N7O4S. The van der Waals surface area contributed by atoms with Crippen molar-refractivity contribution in [3.05, 3.63) is 84.5 Å². The number of aromatic nitrogens is 5. The number of amides is 1. The van der Waals surface area contributed by atoms with E-state index >= 15 is 0 Å². The number of aromatic amines is 1. The van der Waals surface area contributed by atoms with Gasteiger partial charge in [0.1, 0.15) is 18.1 Å². The number of rotatable bonds is 15. The van der Waals surface area contributed by atoms with Crippen LogP contribution < -0.4 is 4.90 Å². The molecule has 2 aliphatic rings. The van der Waals surface area contributed by atoms with Gasteiger partial charge in [0.2, 0.25) is 0 Å². The zero-order valence-electron chi connectivity index (χ0n) is 29.1. The number of benzene rings is 1. The minimum Gasteiger partial charge on any atom is -0.449 e. The van der Waals surface area contributed by atoms with Gasteiger partial charge < -0.3 is 28.6 Å². The van der Waals surface area contributed by atoms with Crippen LogP contribution in [0.25, 0.3) is 21.5 Å². The number of H-pyrrole nitrogens is 1. The predicted molar refractivity (Wildman–Crippen MR) is 195 cm³/mol. The maximum absolute atomic E-state index is 13.2. The molecule has 7 rings (SSSR count). The first-order valence-electron chi connectivity index (χ1n) is 17.8. The maximum atomic E-state index is 13.2. The summed E-state index contributed by atoms with van der Waals surface area (Å²) >= 11 is 1.72. The highest BCUT2D eigenvalue weighted by atomic mass is 32.1. The molecule has 0 bridgehead atoms. The number of thiophene rings is 1. The van der Waals surface area contributed by atoms with Crippen molar-refractivity contribution in [2.45, 2.75) is 76.9 Å². The molecule has 1 saturated carbocycles. The zero-order chi connectivity index (χ0) is 34.5. The van der Waals surface area contributed by atoms with E-state index in [0.717, 1.165) is 67.5 Å². The van der Waals surface area contributed by atoms with Crippen LogP contribution in [0.3, 0.4) is 0 Å². The molecule has 264 valence electrons. The lowest BCUT2D eigenvalue weighted by atomic mass is 10.0. The molecule has 1 N–H and O–H groups in total. The van der Waals surface area contributed by atoms with Crippen LogP contribution in [-0.2, 0) is 20.6 Å². The SMILES string of the molecule is CCCCOC(=O)N(CCCN(C[C@H]1C[C@@H](n2cc(-c3cccs3)c3cncnc32)[C@@H]2OC(C)(C)O[C@H]12)c1cn[nH]c1)CCc1ccccc1. The van der Waals surface area contributed by atoms with Crippen LogP contribution in [0.15, 0.2) is 79.0 Å². The molecule has 2 fully saturated rings. The van der Waals surface area contributed by atoms with Crippen molar-refractivity contribution in [2.75, 3.05) is 37.7 Å². The van der Waals surface area contributed by atoms with Crippen LogP contribution in [0.1, 0.15) is 58.1 Å². The quantitative estimate of drug-likeness (QED) is 0.113.